The molecule has 0 bridgehead atoms. The first-order valence-corrected chi connectivity index (χ1v) is 11.5. The fourth-order valence-electron chi connectivity index (χ4n) is 3.59. The van der Waals surface area contributed by atoms with Gasteiger partial charge in [0.2, 0.25) is 5.78 Å². The van der Waals surface area contributed by atoms with Crippen LogP contribution in [-0.2, 0) is 20.8 Å². The summed E-state index contributed by atoms with van der Waals surface area (Å²) in [6.45, 7) is -0.182. The SMILES string of the molecule is N=C(N)c1ccc(CC(=O)C(=O)O)c(OC[C@@H](CCC(=O)O)NC(=O)c2cccc(-c3ccncc3)c2)c1. The quantitative estimate of drug-likeness (QED) is 0.128. The third-order valence-corrected chi connectivity index (χ3v) is 5.59. The second-order valence-corrected chi connectivity index (χ2v) is 8.37. The summed E-state index contributed by atoms with van der Waals surface area (Å²) in [6.07, 6.45) is 2.61. The smallest absolute Gasteiger partial charge is 0.372 e. The molecule has 1 amide bonds. The highest BCUT2D eigenvalue weighted by Crippen LogP contribution is 2.23. The molecule has 0 unspecified atom stereocenters. The Hall–Kier alpha value is -5.06. The Morgan fingerprint density at radius 1 is 0.974 bits per heavy atom. The lowest BCUT2D eigenvalue weighted by Gasteiger charge is -2.20. The van der Waals surface area contributed by atoms with Crippen molar-refractivity contribution in [3.63, 3.8) is 0 Å². The molecule has 0 saturated heterocycles. The number of amidine groups is 1. The number of amides is 1. The molecule has 0 aliphatic rings. The largest absolute Gasteiger partial charge is 0.491 e. The third-order valence-electron chi connectivity index (χ3n) is 5.59. The molecule has 11 nitrogen and oxygen atoms in total. The maximum Gasteiger partial charge on any atom is 0.372 e. The van der Waals surface area contributed by atoms with Crippen molar-refractivity contribution in [1.29, 1.82) is 5.41 Å². The zero-order valence-corrected chi connectivity index (χ0v) is 20.2. The minimum atomic E-state index is -1.60. The number of aliphatic carboxylic acids is 2. The number of carbonyl (C=O) groups is 4. The fraction of sp³-hybridized carbons (Fsp3) is 0.185. The van der Waals surface area contributed by atoms with Gasteiger partial charge in [-0.25, -0.2) is 4.79 Å². The molecule has 0 aliphatic carbocycles. The summed E-state index contributed by atoms with van der Waals surface area (Å²) in [4.78, 5) is 51.0. The Labute approximate surface area is 217 Å². The molecule has 2 aromatic carbocycles. The van der Waals surface area contributed by atoms with Crippen LogP contribution in [0.3, 0.4) is 0 Å². The maximum absolute atomic E-state index is 13.0. The number of ether oxygens (including phenoxy) is 1. The van der Waals surface area contributed by atoms with Gasteiger partial charge in [0.15, 0.2) is 0 Å². The number of hydrogen-bond acceptors (Lipinski definition) is 7. The number of benzene rings is 2. The van der Waals surface area contributed by atoms with Crippen LogP contribution < -0.4 is 15.8 Å². The van der Waals surface area contributed by atoms with Crippen LogP contribution in [0.2, 0.25) is 0 Å². The van der Waals surface area contributed by atoms with Crippen LogP contribution in [0.4, 0.5) is 0 Å². The number of nitrogen functional groups attached to an aromatic ring is 1. The van der Waals surface area contributed by atoms with Gasteiger partial charge in [0.25, 0.3) is 5.91 Å². The van der Waals surface area contributed by atoms with E-state index in [4.69, 9.17) is 26.1 Å². The van der Waals surface area contributed by atoms with Gasteiger partial charge in [0, 0.05) is 41.9 Å². The second-order valence-electron chi connectivity index (χ2n) is 8.37. The molecule has 196 valence electrons. The van der Waals surface area contributed by atoms with Crippen molar-refractivity contribution in [2.24, 2.45) is 5.73 Å². The van der Waals surface area contributed by atoms with Crippen molar-refractivity contribution >= 4 is 29.5 Å². The number of carbonyl (C=O) groups excluding carboxylic acids is 2. The number of carboxylic acids is 2. The van der Waals surface area contributed by atoms with E-state index in [0.29, 0.717) is 5.56 Å². The first-order valence-electron chi connectivity index (χ1n) is 11.5. The molecule has 0 spiro atoms. The molecule has 6 N–H and O–H groups in total. The number of nitrogens with one attached hydrogen (secondary N) is 2. The van der Waals surface area contributed by atoms with Gasteiger partial charge in [-0.3, -0.25) is 24.8 Å². The van der Waals surface area contributed by atoms with E-state index >= 15 is 0 Å². The van der Waals surface area contributed by atoms with Crippen molar-refractivity contribution in [3.05, 3.63) is 83.7 Å². The predicted octanol–water partition coefficient (Wildman–Crippen LogP) is 2.27. The summed E-state index contributed by atoms with van der Waals surface area (Å²) in [6, 6.07) is 14.1. The van der Waals surface area contributed by atoms with E-state index in [1.54, 1.807) is 30.6 Å². The summed E-state index contributed by atoms with van der Waals surface area (Å²) in [5.41, 5.74) is 8.09. The average molecular weight is 519 g/mol. The number of nitrogens with two attached hydrogens (primary N) is 1. The monoisotopic (exact) mass is 518 g/mol. The Bertz CT molecular complexity index is 1360. The molecule has 1 aromatic heterocycles. The Kier molecular flexibility index (Phi) is 9.25. The van der Waals surface area contributed by atoms with Crippen molar-refractivity contribution in [2.75, 3.05) is 6.61 Å². The standard InChI is InChI=1S/C27H26N4O7/c28-25(29)19-5-4-18(13-22(32)27(36)37)23(14-19)38-15-21(6-7-24(33)34)31-26(35)20-3-1-2-17(12-20)16-8-10-30-11-9-16/h1-5,8-12,14,21H,6-7,13,15H2,(H3,28,29)(H,31,35)(H,33,34)(H,36,37)/t21-/m1/s1. The Balaban J connectivity index is 1.80. The molecule has 3 aromatic rings. The predicted molar refractivity (Wildman–Crippen MR) is 137 cm³/mol. The first kappa shape index (κ1) is 27.5. The number of nitrogens with zero attached hydrogens (tertiary/aromatic N) is 1. The van der Waals surface area contributed by atoms with Crippen molar-refractivity contribution < 1.29 is 34.1 Å². The van der Waals surface area contributed by atoms with Gasteiger partial charge >= 0.3 is 11.9 Å². The van der Waals surface area contributed by atoms with Crippen molar-refractivity contribution in [1.82, 2.24) is 10.3 Å². The molecule has 38 heavy (non-hydrogen) atoms. The highest BCUT2D eigenvalue weighted by atomic mass is 16.5. The summed E-state index contributed by atoms with van der Waals surface area (Å²) in [5.74, 6) is -4.34. The molecular formula is C27H26N4O7. The number of ketones is 1. The first-order chi connectivity index (χ1) is 18.1. The minimum Gasteiger partial charge on any atom is -0.491 e. The summed E-state index contributed by atoms with van der Waals surface area (Å²) in [5, 5.41) is 28.6. The molecule has 1 atom stereocenters. The van der Waals surface area contributed by atoms with Gasteiger partial charge in [-0.15, -0.1) is 0 Å². The van der Waals surface area contributed by atoms with Gasteiger partial charge in [-0.05, 0) is 47.9 Å². The van der Waals surface area contributed by atoms with E-state index in [9.17, 15) is 19.2 Å². The zero-order chi connectivity index (χ0) is 27.7. The summed E-state index contributed by atoms with van der Waals surface area (Å²) >= 11 is 0. The van der Waals surface area contributed by atoms with Crippen LogP contribution in [-0.4, -0.2) is 57.3 Å². The Morgan fingerprint density at radius 3 is 2.37 bits per heavy atom. The lowest BCUT2D eigenvalue weighted by Crippen LogP contribution is -2.39. The van der Waals surface area contributed by atoms with Crippen molar-refractivity contribution in [3.8, 4) is 16.9 Å². The molecule has 0 radical (unpaired) electrons. The number of Topliss-reactive ketones (excluding diaryl/α,β-unsaturated/α-hetero) is 1. The summed E-state index contributed by atoms with van der Waals surface area (Å²) in [7, 11) is 0. The molecule has 11 heteroatoms. The van der Waals surface area contributed by atoms with E-state index < -0.39 is 36.1 Å². The van der Waals surface area contributed by atoms with Crippen LogP contribution in [0, 0.1) is 5.41 Å². The van der Waals surface area contributed by atoms with E-state index in [1.807, 2.05) is 18.2 Å². The normalized spacial score (nSPS) is 11.3. The number of hydrogen-bond donors (Lipinski definition) is 5. The second kappa shape index (κ2) is 12.8. The fourth-order valence-corrected chi connectivity index (χ4v) is 3.59. The topological polar surface area (TPSA) is 193 Å². The average Bonchev–Trinajstić information content (AvgIpc) is 2.91. The van der Waals surface area contributed by atoms with Crippen molar-refractivity contribution in [2.45, 2.75) is 25.3 Å². The number of aromatic nitrogens is 1. The molecule has 0 aliphatic heterocycles. The molecule has 0 fully saturated rings. The summed E-state index contributed by atoms with van der Waals surface area (Å²) < 4.78 is 5.82. The number of rotatable bonds is 13. The molecule has 0 saturated carbocycles. The van der Waals surface area contributed by atoms with E-state index in [2.05, 4.69) is 10.3 Å². The van der Waals surface area contributed by atoms with Crippen LogP contribution in [0.15, 0.2) is 67.0 Å². The van der Waals surface area contributed by atoms with Crippen LogP contribution in [0.5, 0.6) is 5.75 Å². The third kappa shape index (κ3) is 7.72. The highest BCUT2D eigenvalue weighted by Gasteiger charge is 2.20. The van der Waals surface area contributed by atoms with E-state index in [0.717, 1.165) is 11.1 Å². The van der Waals surface area contributed by atoms with Crippen LogP contribution in [0.25, 0.3) is 11.1 Å². The van der Waals surface area contributed by atoms with Gasteiger partial charge in [0.1, 0.15) is 18.2 Å². The Morgan fingerprint density at radius 2 is 1.71 bits per heavy atom. The lowest BCUT2D eigenvalue weighted by atomic mass is 10.0. The highest BCUT2D eigenvalue weighted by molar-refractivity contribution is 6.33. The maximum atomic E-state index is 13.0. The lowest BCUT2D eigenvalue weighted by molar-refractivity contribution is -0.148. The van der Waals surface area contributed by atoms with Crippen LogP contribution >= 0.6 is 0 Å². The zero-order valence-electron chi connectivity index (χ0n) is 20.2. The van der Waals surface area contributed by atoms with Gasteiger partial charge in [-0.2, -0.15) is 0 Å². The van der Waals surface area contributed by atoms with Gasteiger partial charge in [-0.1, -0.05) is 24.3 Å². The number of carboxylic acid groups (broad SMARTS) is 2. The number of pyridine rings is 1. The molecule has 1 heterocycles. The van der Waals surface area contributed by atoms with Crippen LogP contribution in [0.1, 0.15) is 34.3 Å². The molecular weight excluding hydrogens is 492 g/mol. The molecule has 3 rings (SSSR count). The van der Waals surface area contributed by atoms with E-state index in [-0.39, 0.29) is 42.2 Å². The van der Waals surface area contributed by atoms with Gasteiger partial charge < -0.3 is 26.0 Å². The van der Waals surface area contributed by atoms with Gasteiger partial charge in [0.05, 0.1) is 6.04 Å². The van der Waals surface area contributed by atoms with E-state index in [1.165, 1.54) is 18.2 Å². The minimum absolute atomic E-state index is 0.0426.